The topological polar surface area (TPSA) is 0 Å². The molecule has 78 valence electrons. The van der Waals surface area contributed by atoms with E-state index in [9.17, 15) is 4.39 Å². The first-order valence-electron chi connectivity index (χ1n) is 5.01. The van der Waals surface area contributed by atoms with Crippen LogP contribution in [0.4, 0.5) is 4.39 Å². The fraction of sp³-hybridized carbons (Fsp3) is 0.500. The van der Waals surface area contributed by atoms with Crippen molar-refractivity contribution in [2.24, 2.45) is 5.92 Å². The molecular weight excluding hydrogens is 199 g/mol. The molecule has 0 fully saturated rings. The molecule has 0 nitrogen and oxygen atoms in total. The zero-order valence-corrected chi connectivity index (χ0v) is 9.61. The van der Waals surface area contributed by atoms with Gasteiger partial charge < -0.3 is 0 Å². The molecule has 0 aromatic heterocycles. The molecule has 0 spiro atoms. The van der Waals surface area contributed by atoms with E-state index < -0.39 is 0 Å². The van der Waals surface area contributed by atoms with Crippen molar-refractivity contribution >= 4 is 11.6 Å². The summed E-state index contributed by atoms with van der Waals surface area (Å²) in [5.41, 5.74) is 1.13. The summed E-state index contributed by atoms with van der Waals surface area (Å²) in [7, 11) is 0. The van der Waals surface area contributed by atoms with Gasteiger partial charge in [0.25, 0.3) is 0 Å². The monoisotopic (exact) mass is 214 g/mol. The van der Waals surface area contributed by atoms with E-state index in [-0.39, 0.29) is 10.8 Å². The summed E-state index contributed by atoms with van der Waals surface area (Å²) in [6, 6.07) is 5.02. The van der Waals surface area contributed by atoms with Gasteiger partial charge in [0.05, 0.1) is 5.02 Å². The molecule has 0 aliphatic carbocycles. The summed E-state index contributed by atoms with van der Waals surface area (Å²) < 4.78 is 12.9. The fourth-order valence-corrected chi connectivity index (χ4v) is 2.02. The number of hydrogen-bond donors (Lipinski definition) is 0. The lowest BCUT2D eigenvalue weighted by atomic mass is 9.86. The molecule has 2 heteroatoms. The third-order valence-electron chi connectivity index (χ3n) is 2.62. The molecule has 0 heterocycles. The predicted molar refractivity (Wildman–Crippen MR) is 59.3 cm³/mol. The third-order valence-corrected chi connectivity index (χ3v) is 2.91. The second-order valence-electron chi connectivity index (χ2n) is 3.93. The van der Waals surface area contributed by atoms with Gasteiger partial charge in [-0.3, -0.25) is 0 Å². The Balaban J connectivity index is 3.00. The quantitative estimate of drug-likeness (QED) is 0.688. The fourth-order valence-electron chi connectivity index (χ4n) is 1.84. The van der Waals surface area contributed by atoms with Crippen LogP contribution in [-0.4, -0.2) is 0 Å². The Morgan fingerprint density at radius 2 is 2.00 bits per heavy atom. The Morgan fingerprint density at radius 3 is 2.43 bits per heavy atom. The molecule has 0 radical (unpaired) electrons. The van der Waals surface area contributed by atoms with E-state index in [0.29, 0.717) is 11.8 Å². The van der Waals surface area contributed by atoms with E-state index in [1.165, 1.54) is 6.07 Å². The summed E-state index contributed by atoms with van der Waals surface area (Å²) >= 11 is 5.74. The zero-order valence-electron chi connectivity index (χ0n) is 8.85. The van der Waals surface area contributed by atoms with E-state index in [4.69, 9.17) is 11.6 Å². The van der Waals surface area contributed by atoms with Gasteiger partial charge in [-0.1, -0.05) is 38.4 Å². The summed E-state index contributed by atoms with van der Waals surface area (Å²) in [4.78, 5) is 0. The van der Waals surface area contributed by atoms with Crippen LogP contribution < -0.4 is 0 Å². The Bertz CT molecular complexity index is 307. The maximum Gasteiger partial charge on any atom is 0.141 e. The van der Waals surface area contributed by atoms with Gasteiger partial charge in [0.1, 0.15) is 5.82 Å². The van der Waals surface area contributed by atoms with Crippen molar-refractivity contribution in [2.45, 2.75) is 33.1 Å². The molecule has 1 aromatic carbocycles. The normalized spacial score (nSPS) is 13.3. The molecule has 1 rings (SSSR count). The van der Waals surface area contributed by atoms with E-state index >= 15 is 0 Å². The van der Waals surface area contributed by atoms with Crippen LogP contribution in [0.1, 0.15) is 38.7 Å². The van der Waals surface area contributed by atoms with Crippen molar-refractivity contribution < 1.29 is 4.39 Å². The Kier molecular flexibility index (Phi) is 3.94. The molecule has 14 heavy (non-hydrogen) atoms. The predicted octanol–water partition coefficient (Wildman–Crippen LogP) is 4.63. The highest BCUT2D eigenvalue weighted by Gasteiger charge is 2.14. The van der Waals surface area contributed by atoms with Crippen molar-refractivity contribution in [1.29, 1.82) is 0 Å². The van der Waals surface area contributed by atoms with Gasteiger partial charge >= 0.3 is 0 Å². The molecule has 0 aliphatic rings. The lowest BCUT2D eigenvalue weighted by Crippen LogP contribution is -2.05. The molecule has 0 amide bonds. The first-order valence-corrected chi connectivity index (χ1v) is 5.39. The minimum absolute atomic E-state index is 0.224. The average molecular weight is 215 g/mol. The van der Waals surface area contributed by atoms with E-state index in [1.807, 2.05) is 6.07 Å². The van der Waals surface area contributed by atoms with Gasteiger partial charge in [-0.05, 0) is 36.0 Å². The maximum atomic E-state index is 12.9. The second-order valence-corrected chi connectivity index (χ2v) is 4.34. The highest BCUT2D eigenvalue weighted by molar-refractivity contribution is 6.30. The number of rotatable bonds is 3. The van der Waals surface area contributed by atoms with Crippen LogP contribution in [0, 0.1) is 11.7 Å². The van der Waals surface area contributed by atoms with Gasteiger partial charge in [-0.2, -0.15) is 0 Å². The molecule has 0 saturated carbocycles. The van der Waals surface area contributed by atoms with Crippen molar-refractivity contribution in [2.75, 3.05) is 0 Å². The Morgan fingerprint density at radius 1 is 1.36 bits per heavy atom. The van der Waals surface area contributed by atoms with Gasteiger partial charge in [-0.15, -0.1) is 0 Å². The molecule has 1 atom stereocenters. The molecule has 0 bridgehead atoms. The van der Waals surface area contributed by atoms with Crippen molar-refractivity contribution in [1.82, 2.24) is 0 Å². The first kappa shape index (κ1) is 11.5. The van der Waals surface area contributed by atoms with Crippen LogP contribution in [0.2, 0.25) is 5.02 Å². The second kappa shape index (κ2) is 4.79. The third kappa shape index (κ3) is 2.48. The van der Waals surface area contributed by atoms with E-state index in [1.54, 1.807) is 6.07 Å². The largest absolute Gasteiger partial charge is 0.205 e. The lowest BCUT2D eigenvalue weighted by Gasteiger charge is -2.19. The van der Waals surface area contributed by atoms with E-state index in [2.05, 4.69) is 20.8 Å². The van der Waals surface area contributed by atoms with Gasteiger partial charge in [-0.25, -0.2) is 4.39 Å². The van der Waals surface area contributed by atoms with E-state index in [0.717, 1.165) is 12.0 Å². The van der Waals surface area contributed by atoms with Crippen LogP contribution in [0.3, 0.4) is 0 Å². The molecule has 0 N–H and O–H groups in total. The number of hydrogen-bond acceptors (Lipinski definition) is 0. The minimum atomic E-state index is -0.339. The highest BCUT2D eigenvalue weighted by atomic mass is 35.5. The molecular formula is C12H16ClF. The molecule has 0 saturated heterocycles. The smallest absolute Gasteiger partial charge is 0.141 e. The highest BCUT2D eigenvalue weighted by Crippen LogP contribution is 2.30. The standard InChI is InChI=1S/C12H16ClF/c1-4-10(8(2)3)9-5-6-12(14)11(13)7-9/h5-8,10H,4H2,1-3H3/t10-/m0/s1. The maximum absolute atomic E-state index is 12.9. The number of benzene rings is 1. The zero-order chi connectivity index (χ0) is 10.7. The van der Waals surface area contributed by atoms with Crippen LogP contribution in [-0.2, 0) is 0 Å². The summed E-state index contributed by atoms with van der Waals surface area (Å²) in [5.74, 6) is 0.684. The average Bonchev–Trinajstić information content (AvgIpc) is 2.11. The molecule has 1 aromatic rings. The lowest BCUT2D eigenvalue weighted by molar-refractivity contribution is 0.484. The minimum Gasteiger partial charge on any atom is -0.205 e. The summed E-state index contributed by atoms with van der Waals surface area (Å²) in [6.07, 6.45) is 1.06. The van der Waals surface area contributed by atoms with Crippen LogP contribution in [0.15, 0.2) is 18.2 Å². The molecule has 0 unspecified atom stereocenters. The van der Waals surface area contributed by atoms with Crippen LogP contribution in [0.5, 0.6) is 0 Å². The van der Waals surface area contributed by atoms with Crippen LogP contribution in [0.25, 0.3) is 0 Å². The van der Waals surface area contributed by atoms with Crippen molar-refractivity contribution in [3.63, 3.8) is 0 Å². The van der Waals surface area contributed by atoms with Gasteiger partial charge in [0.15, 0.2) is 0 Å². The van der Waals surface area contributed by atoms with Crippen molar-refractivity contribution in [3.8, 4) is 0 Å². The Labute approximate surface area is 90.1 Å². The summed E-state index contributed by atoms with van der Waals surface area (Å²) in [5, 5.41) is 0.224. The SMILES string of the molecule is CC[C@H](c1ccc(F)c(Cl)c1)C(C)C. The van der Waals surface area contributed by atoms with Crippen molar-refractivity contribution in [3.05, 3.63) is 34.6 Å². The Hall–Kier alpha value is -0.560. The van der Waals surface area contributed by atoms with Gasteiger partial charge in [0, 0.05) is 0 Å². The van der Waals surface area contributed by atoms with Crippen LogP contribution >= 0.6 is 11.6 Å². The number of halogens is 2. The van der Waals surface area contributed by atoms with Gasteiger partial charge in [0.2, 0.25) is 0 Å². The molecule has 0 aliphatic heterocycles. The summed E-state index contributed by atoms with van der Waals surface area (Å²) in [6.45, 7) is 6.48. The first-order chi connectivity index (χ1) is 6.56.